The van der Waals surface area contributed by atoms with E-state index in [1.165, 1.54) is 16.7 Å². The Balaban J connectivity index is 1.54. The zero-order valence-electron chi connectivity index (χ0n) is 19.9. The Morgan fingerprint density at radius 2 is 1.79 bits per heavy atom. The average molecular weight is 448 g/mol. The van der Waals surface area contributed by atoms with Crippen molar-refractivity contribution in [1.82, 2.24) is 10.2 Å². The Hall–Kier alpha value is -2.92. The number of benzene rings is 2. The van der Waals surface area contributed by atoms with Crippen LogP contribution in [0.3, 0.4) is 0 Å². The quantitative estimate of drug-likeness (QED) is 0.539. The molecule has 0 aliphatic carbocycles. The predicted molar refractivity (Wildman–Crippen MR) is 134 cm³/mol. The summed E-state index contributed by atoms with van der Waals surface area (Å²) in [6.07, 6.45) is 6.20. The van der Waals surface area contributed by atoms with E-state index in [4.69, 9.17) is 5.73 Å². The minimum Gasteiger partial charge on any atom is -0.368 e. The van der Waals surface area contributed by atoms with Gasteiger partial charge >= 0.3 is 0 Å². The van der Waals surface area contributed by atoms with E-state index in [0.29, 0.717) is 18.8 Å². The van der Waals surface area contributed by atoms with Crippen LogP contribution in [0.2, 0.25) is 0 Å². The molecule has 0 saturated carbocycles. The Kier molecular flexibility index (Phi) is 9.25. The summed E-state index contributed by atoms with van der Waals surface area (Å²) in [5, 5.41) is 2.83. The van der Waals surface area contributed by atoms with Crippen molar-refractivity contribution in [2.45, 2.75) is 58.5 Å². The Bertz CT molecular complexity index is 937. The molecule has 1 heterocycles. The second-order valence-electron chi connectivity index (χ2n) is 9.22. The zero-order chi connectivity index (χ0) is 23.6. The number of hydrogen-bond donors (Lipinski definition) is 2. The molecular weight excluding hydrogens is 410 g/mol. The largest absolute Gasteiger partial charge is 0.368 e. The molecule has 2 atom stereocenters. The molecule has 2 aromatic carbocycles. The summed E-state index contributed by atoms with van der Waals surface area (Å²) in [6, 6.07) is 18.2. The lowest BCUT2D eigenvalue weighted by Gasteiger charge is -2.26. The van der Waals surface area contributed by atoms with Crippen LogP contribution in [0, 0.1) is 5.92 Å². The number of amides is 2. The van der Waals surface area contributed by atoms with E-state index in [-0.39, 0.29) is 5.91 Å². The first-order valence-corrected chi connectivity index (χ1v) is 12.1. The molecule has 0 bridgehead atoms. The molecule has 0 radical (unpaired) electrons. The minimum absolute atomic E-state index is 0.108. The lowest BCUT2D eigenvalue weighted by atomic mass is 9.96. The molecule has 1 unspecified atom stereocenters. The van der Waals surface area contributed by atoms with Crippen LogP contribution in [0.1, 0.15) is 56.2 Å². The molecule has 33 heavy (non-hydrogen) atoms. The number of nitrogens with zero attached hydrogens (tertiary/aromatic N) is 1. The molecule has 1 aliphatic rings. The highest BCUT2D eigenvalue weighted by Crippen LogP contribution is 2.24. The van der Waals surface area contributed by atoms with Crippen LogP contribution >= 0.6 is 0 Å². The highest BCUT2D eigenvalue weighted by molar-refractivity contribution is 5.86. The van der Waals surface area contributed by atoms with Crippen molar-refractivity contribution in [3.63, 3.8) is 0 Å². The maximum Gasteiger partial charge on any atom is 0.240 e. The van der Waals surface area contributed by atoms with E-state index in [2.05, 4.69) is 72.6 Å². The van der Waals surface area contributed by atoms with E-state index in [1.807, 2.05) is 12.1 Å². The maximum absolute atomic E-state index is 12.3. The summed E-state index contributed by atoms with van der Waals surface area (Å²) < 4.78 is 0. The summed E-state index contributed by atoms with van der Waals surface area (Å²) in [4.78, 5) is 26.7. The van der Waals surface area contributed by atoms with Crippen molar-refractivity contribution in [2.75, 3.05) is 13.1 Å². The molecule has 5 heteroatoms. The fraction of sp³-hybridized carbons (Fsp3) is 0.429. The third-order valence-corrected chi connectivity index (χ3v) is 6.30. The van der Waals surface area contributed by atoms with Gasteiger partial charge in [-0.15, -0.1) is 0 Å². The van der Waals surface area contributed by atoms with Crippen molar-refractivity contribution in [1.29, 1.82) is 0 Å². The number of hydrogen-bond acceptors (Lipinski definition) is 3. The van der Waals surface area contributed by atoms with Crippen LogP contribution < -0.4 is 11.1 Å². The first kappa shape index (κ1) is 24.7. The summed E-state index contributed by atoms with van der Waals surface area (Å²) in [7, 11) is 0. The van der Waals surface area contributed by atoms with Crippen LogP contribution in [0.25, 0.3) is 5.57 Å². The number of carbonyl (C=O) groups is 2. The molecule has 0 fully saturated rings. The topological polar surface area (TPSA) is 75.4 Å². The predicted octanol–water partition coefficient (Wildman–Crippen LogP) is 4.31. The normalized spacial score (nSPS) is 16.0. The second-order valence-corrected chi connectivity index (χ2v) is 9.22. The van der Waals surface area contributed by atoms with Crippen molar-refractivity contribution >= 4 is 17.4 Å². The number of nitrogens with two attached hydrogens (primary N) is 1. The molecule has 0 spiro atoms. The van der Waals surface area contributed by atoms with Gasteiger partial charge in [-0.05, 0) is 34.6 Å². The lowest BCUT2D eigenvalue weighted by Crippen LogP contribution is -2.46. The molecule has 0 aromatic heterocycles. The Morgan fingerprint density at radius 1 is 1.06 bits per heavy atom. The van der Waals surface area contributed by atoms with Crippen LogP contribution in [0.4, 0.5) is 0 Å². The lowest BCUT2D eigenvalue weighted by molar-refractivity contribution is -0.127. The highest BCUT2D eigenvalue weighted by atomic mass is 16.2. The van der Waals surface area contributed by atoms with Gasteiger partial charge in [-0.2, -0.15) is 0 Å². The van der Waals surface area contributed by atoms with Crippen molar-refractivity contribution in [2.24, 2.45) is 11.7 Å². The molecule has 1 aliphatic heterocycles. The van der Waals surface area contributed by atoms with Crippen molar-refractivity contribution in [3.05, 3.63) is 77.4 Å². The van der Waals surface area contributed by atoms with Gasteiger partial charge in [0.15, 0.2) is 0 Å². The fourth-order valence-corrected chi connectivity index (χ4v) is 4.44. The Labute approximate surface area is 198 Å². The molecule has 2 aromatic rings. The average Bonchev–Trinajstić information content (AvgIpc) is 2.80. The molecular formula is C28H37N3O2. The number of carbonyl (C=O) groups excluding carboxylic acids is 2. The van der Waals surface area contributed by atoms with Gasteiger partial charge in [0.2, 0.25) is 11.8 Å². The van der Waals surface area contributed by atoms with E-state index in [9.17, 15) is 9.59 Å². The molecule has 3 rings (SSSR count). The third kappa shape index (κ3) is 7.86. The highest BCUT2D eigenvalue weighted by Gasteiger charge is 2.20. The number of nitrogens with one attached hydrogen (secondary N) is 1. The molecule has 176 valence electrons. The minimum atomic E-state index is -0.683. The molecule has 5 nitrogen and oxygen atoms in total. The summed E-state index contributed by atoms with van der Waals surface area (Å²) in [5.41, 5.74) is 10.5. The SMILES string of the molecule is CCC[C@@H](C)CC(=O)NC(Cc1ccc(C2=CCN(Cc3ccccc3)CC2)cc1)C(N)=O. The van der Waals surface area contributed by atoms with Gasteiger partial charge in [-0.25, -0.2) is 0 Å². The van der Waals surface area contributed by atoms with E-state index >= 15 is 0 Å². The molecule has 3 N–H and O–H groups in total. The van der Waals surface area contributed by atoms with Gasteiger partial charge in [-0.1, -0.05) is 87.4 Å². The van der Waals surface area contributed by atoms with E-state index in [0.717, 1.165) is 44.5 Å². The van der Waals surface area contributed by atoms with Crippen LogP contribution in [0.5, 0.6) is 0 Å². The van der Waals surface area contributed by atoms with Crippen molar-refractivity contribution < 1.29 is 9.59 Å². The molecule has 0 saturated heterocycles. The van der Waals surface area contributed by atoms with Crippen LogP contribution in [0.15, 0.2) is 60.7 Å². The zero-order valence-corrected chi connectivity index (χ0v) is 19.9. The van der Waals surface area contributed by atoms with Gasteiger partial charge < -0.3 is 11.1 Å². The van der Waals surface area contributed by atoms with Crippen molar-refractivity contribution in [3.8, 4) is 0 Å². The standard InChI is InChI=1S/C28H37N3O2/c1-3-7-21(2)18-27(32)30-26(28(29)33)19-22-10-12-24(13-11-22)25-14-16-31(17-15-25)20-23-8-5-4-6-9-23/h4-6,8-14,21,26H,3,7,15-20H2,1-2H3,(H2,29,33)(H,30,32)/t21-,26?/m1/s1. The first-order chi connectivity index (χ1) is 15.9. The van der Waals surface area contributed by atoms with Gasteiger partial charge in [0.1, 0.15) is 6.04 Å². The summed E-state index contributed by atoms with van der Waals surface area (Å²) >= 11 is 0. The second kappa shape index (κ2) is 12.4. The molecule has 2 amide bonds. The van der Waals surface area contributed by atoms with E-state index in [1.54, 1.807) is 0 Å². The van der Waals surface area contributed by atoms with Gasteiger partial charge in [0, 0.05) is 32.5 Å². The fourth-order valence-electron chi connectivity index (χ4n) is 4.44. The summed E-state index contributed by atoms with van der Waals surface area (Å²) in [5.74, 6) is -0.303. The number of primary amides is 1. The third-order valence-electron chi connectivity index (χ3n) is 6.30. The summed E-state index contributed by atoms with van der Waals surface area (Å²) in [6.45, 7) is 7.12. The van der Waals surface area contributed by atoms with Crippen LogP contribution in [-0.2, 0) is 22.6 Å². The first-order valence-electron chi connectivity index (χ1n) is 12.1. The van der Waals surface area contributed by atoms with Crippen LogP contribution in [-0.4, -0.2) is 35.8 Å². The maximum atomic E-state index is 12.3. The van der Waals surface area contributed by atoms with Gasteiger partial charge in [0.05, 0.1) is 0 Å². The number of rotatable bonds is 11. The monoisotopic (exact) mass is 447 g/mol. The smallest absolute Gasteiger partial charge is 0.240 e. The Morgan fingerprint density at radius 3 is 2.39 bits per heavy atom. The van der Waals surface area contributed by atoms with E-state index < -0.39 is 11.9 Å². The van der Waals surface area contributed by atoms with Gasteiger partial charge in [0.25, 0.3) is 0 Å². The van der Waals surface area contributed by atoms with Gasteiger partial charge in [-0.3, -0.25) is 14.5 Å².